The fourth-order valence-corrected chi connectivity index (χ4v) is 8.76. The fraction of sp³-hybridized carbons (Fsp3) is 0. The van der Waals surface area contributed by atoms with E-state index in [1.807, 2.05) is 12.1 Å². The van der Waals surface area contributed by atoms with Gasteiger partial charge in [-0.3, -0.25) is 4.57 Å². The van der Waals surface area contributed by atoms with E-state index in [9.17, 15) is 0 Å². The van der Waals surface area contributed by atoms with E-state index in [1.54, 1.807) is 0 Å². The van der Waals surface area contributed by atoms with Gasteiger partial charge in [-0.1, -0.05) is 109 Å². The number of benzene rings is 8. The van der Waals surface area contributed by atoms with E-state index >= 15 is 0 Å². The number of para-hydroxylation sites is 4. The lowest BCUT2D eigenvalue weighted by Gasteiger charge is -2.11. The molecule has 54 heavy (non-hydrogen) atoms. The van der Waals surface area contributed by atoms with Gasteiger partial charge in [0.05, 0.1) is 21.9 Å². The maximum Gasteiger partial charge on any atom is 0.213 e. The van der Waals surface area contributed by atoms with E-state index in [-0.39, 0.29) is 0 Å². The average molecular weight is 691 g/mol. The Bertz CT molecular complexity index is 3450. The molecular formula is C50H30N2O2. The van der Waals surface area contributed by atoms with Gasteiger partial charge in [-0.05, 0) is 95.1 Å². The first kappa shape index (κ1) is 29.3. The molecule has 12 aromatic rings. The topological polar surface area (TPSA) is 36.1 Å². The highest BCUT2D eigenvalue weighted by atomic mass is 16.3. The second-order valence-corrected chi connectivity index (χ2v) is 14.1. The van der Waals surface area contributed by atoms with Crippen molar-refractivity contribution < 1.29 is 8.83 Å². The van der Waals surface area contributed by atoms with Crippen LogP contribution in [0.3, 0.4) is 0 Å². The standard InChI is InChI=1S/C50H30N2O2/c1-2-13-34(14-3-1)52-43-21-8-5-18-39(43)49-48-36(19-11-23-47(48)54-50(49)52)33-12-10-15-35(28-33)51-42-20-7-4-16-37(42)40-29-31(24-26-44(40)51)32-25-27-46-41(30-32)38-17-6-9-22-45(38)53-46/h1-30H. The summed E-state index contributed by atoms with van der Waals surface area (Å²) < 4.78 is 17.5. The quantitative estimate of drug-likeness (QED) is 0.184. The molecule has 0 unspecified atom stereocenters. The molecule has 0 fully saturated rings. The van der Waals surface area contributed by atoms with Crippen molar-refractivity contribution in [2.45, 2.75) is 0 Å². The summed E-state index contributed by atoms with van der Waals surface area (Å²) in [6.45, 7) is 0. The molecule has 0 radical (unpaired) electrons. The number of aromatic nitrogens is 2. The lowest BCUT2D eigenvalue weighted by Crippen LogP contribution is -1.94. The Morgan fingerprint density at radius 1 is 0.315 bits per heavy atom. The highest BCUT2D eigenvalue weighted by Crippen LogP contribution is 2.44. The summed E-state index contributed by atoms with van der Waals surface area (Å²) in [4.78, 5) is 0. The molecule has 0 amide bonds. The zero-order valence-corrected chi connectivity index (χ0v) is 29.0. The van der Waals surface area contributed by atoms with Gasteiger partial charge in [-0.25, -0.2) is 0 Å². The summed E-state index contributed by atoms with van der Waals surface area (Å²) in [6, 6.07) is 64.8. The number of hydrogen-bond acceptors (Lipinski definition) is 2. The van der Waals surface area contributed by atoms with E-state index in [1.165, 1.54) is 38.3 Å². The van der Waals surface area contributed by atoms with Gasteiger partial charge in [0.2, 0.25) is 5.71 Å². The van der Waals surface area contributed by atoms with Crippen LogP contribution in [0.1, 0.15) is 0 Å². The van der Waals surface area contributed by atoms with E-state index in [4.69, 9.17) is 8.83 Å². The molecule has 4 nitrogen and oxygen atoms in total. The van der Waals surface area contributed by atoms with Crippen LogP contribution in [0.2, 0.25) is 0 Å². The molecule has 0 aliphatic heterocycles. The molecule has 0 spiro atoms. The van der Waals surface area contributed by atoms with Gasteiger partial charge < -0.3 is 13.4 Å². The summed E-state index contributed by atoms with van der Waals surface area (Å²) in [5.41, 5.74) is 13.9. The lowest BCUT2D eigenvalue weighted by molar-refractivity contribution is 0.645. The molecule has 8 aromatic carbocycles. The Labute approximate surface area is 309 Å². The monoisotopic (exact) mass is 690 g/mol. The van der Waals surface area contributed by atoms with Gasteiger partial charge in [-0.15, -0.1) is 0 Å². The van der Waals surface area contributed by atoms with Gasteiger partial charge in [-0.2, -0.15) is 0 Å². The molecule has 0 aliphatic rings. The van der Waals surface area contributed by atoms with Crippen LogP contribution in [-0.4, -0.2) is 9.13 Å². The predicted molar refractivity (Wildman–Crippen MR) is 223 cm³/mol. The van der Waals surface area contributed by atoms with Crippen LogP contribution in [0.5, 0.6) is 0 Å². The highest BCUT2D eigenvalue weighted by molar-refractivity contribution is 6.23. The van der Waals surface area contributed by atoms with Gasteiger partial charge >= 0.3 is 0 Å². The summed E-state index contributed by atoms with van der Waals surface area (Å²) in [5.74, 6) is 0. The molecule has 0 atom stereocenters. The third kappa shape index (κ3) is 4.13. The van der Waals surface area contributed by atoms with E-state index in [0.29, 0.717) is 0 Å². The Balaban J connectivity index is 1.04. The van der Waals surface area contributed by atoms with Crippen LogP contribution in [-0.2, 0) is 0 Å². The first-order valence-electron chi connectivity index (χ1n) is 18.3. The lowest BCUT2D eigenvalue weighted by atomic mass is 9.98. The molecule has 12 rings (SSSR count). The number of nitrogens with zero attached hydrogens (tertiary/aromatic N) is 2. The third-order valence-electron chi connectivity index (χ3n) is 11.1. The summed E-state index contributed by atoms with van der Waals surface area (Å²) in [7, 11) is 0. The number of hydrogen-bond donors (Lipinski definition) is 0. The minimum absolute atomic E-state index is 0.860. The van der Waals surface area contributed by atoms with Gasteiger partial charge in [0.15, 0.2) is 0 Å². The number of furan rings is 2. The summed E-state index contributed by atoms with van der Waals surface area (Å²) >= 11 is 0. The first-order valence-corrected chi connectivity index (χ1v) is 18.3. The van der Waals surface area contributed by atoms with Gasteiger partial charge in [0.25, 0.3) is 0 Å². The Morgan fingerprint density at radius 2 is 0.944 bits per heavy atom. The zero-order chi connectivity index (χ0) is 35.3. The van der Waals surface area contributed by atoms with Crippen LogP contribution in [0.15, 0.2) is 191 Å². The van der Waals surface area contributed by atoms with Gasteiger partial charge in [0.1, 0.15) is 16.7 Å². The molecule has 0 bridgehead atoms. The molecule has 0 saturated carbocycles. The second-order valence-electron chi connectivity index (χ2n) is 14.1. The SMILES string of the molecule is c1ccc(-n2c3ccccc3c3c4c(-c5cccc(-n6c7ccccc7c7cc(-c8ccc9oc%10ccccc%10c9c8)ccc76)c5)cccc4oc32)cc1. The van der Waals surface area contributed by atoms with Crippen LogP contribution in [0.25, 0.3) is 110 Å². The van der Waals surface area contributed by atoms with Crippen molar-refractivity contribution in [3.05, 3.63) is 182 Å². The Kier molecular flexibility index (Phi) is 6.02. The van der Waals surface area contributed by atoms with E-state index < -0.39 is 0 Å². The van der Waals surface area contributed by atoms with E-state index in [0.717, 1.165) is 72.0 Å². The Hall–Kier alpha value is -7.30. The average Bonchev–Trinajstić information content (AvgIpc) is 3.97. The fourth-order valence-electron chi connectivity index (χ4n) is 8.76. The van der Waals surface area contributed by atoms with Crippen molar-refractivity contribution >= 4 is 76.7 Å². The minimum Gasteiger partial charge on any atom is -0.456 e. The minimum atomic E-state index is 0.860. The molecule has 252 valence electrons. The molecule has 0 N–H and O–H groups in total. The molecule has 4 heterocycles. The molecular weight excluding hydrogens is 661 g/mol. The Morgan fingerprint density at radius 3 is 1.81 bits per heavy atom. The molecule has 4 heteroatoms. The molecule has 0 aliphatic carbocycles. The van der Waals surface area contributed by atoms with E-state index in [2.05, 4.69) is 179 Å². The predicted octanol–water partition coefficient (Wildman–Crippen LogP) is 13.9. The number of rotatable bonds is 4. The van der Waals surface area contributed by atoms with Crippen LogP contribution < -0.4 is 0 Å². The number of fused-ring (bicyclic) bond motifs is 11. The van der Waals surface area contributed by atoms with Crippen LogP contribution in [0.4, 0.5) is 0 Å². The summed E-state index contributed by atoms with van der Waals surface area (Å²) in [6.07, 6.45) is 0. The van der Waals surface area contributed by atoms with Crippen LogP contribution in [0, 0.1) is 0 Å². The molecule has 0 saturated heterocycles. The zero-order valence-electron chi connectivity index (χ0n) is 29.0. The summed E-state index contributed by atoms with van der Waals surface area (Å²) in [5, 5.41) is 8.16. The van der Waals surface area contributed by atoms with Crippen molar-refractivity contribution in [2.24, 2.45) is 0 Å². The van der Waals surface area contributed by atoms with Crippen molar-refractivity contribution in [3.63, 3.8) is 0 Å². The third-order valence-corrected chi connectivity index (χ3v) is 11.1. The van der Waals surface area contributed by atoms with Crippen molar-refractivity contribution in [1.82, 2.24) is 9.13 Å². The van der Waals surface area contributed by atoms with Crippen LogP contribution >= 0.6 is 0 Å². The molecule has 4 aromatic heterocycles. The maximum absolute atomic E-state index is 6.74. The largest absolute Gasteiger partial charge is 0.456 e. The smallest absolute Gasteiger partial charge is 0.213 e. The first-order chi connectivity index (χ1) is 26.8. The highest BCUT2D eigenvalue weighted by Gasteiger charge is 2.22. The normalized spacial score (nSPS) is 12.1. The maximum atomic E-state index is 6.74. The van der Waals surface area contributed by atoms with Crippen molar-refractivity contribution in [3.8, 4) is 33.6 Å². The van der Waals surface area contributed by atoms with Gasteiger partial charge in [0, 0.05) is 43.7 Å². The van der Waals surface area contributed by atoms with Crippen molar-refractivity contribution in [1.29, 1.82) is 0 Å². The van der Waals surface area contributed by atoms with Crippen molar-refractivity contribution in [2.75, 3.05) is 0 Å². The second kappa shape index (κ2) is 11.1.